The van der Waals surface area contributed by atoms with E-state index >= 15 is 0 Å². The average Bonchev–Trinajstić information content (AvgIpc) is 2.38. The monoisotopic (exact) mass is 260 g/mol. The third kappa shape index (κ3) is 3.10. The number of allylic oxidation sites excluding steroid dienone is 2. The van der Waals surface area contributed by atoms with Crippen LogP contribution < -0.4 is 0 Å². The van der Waals surface area contributed by atoms with Crippen molar-refractivity contribution >= 4 is 11.5 Å². The summed E-state index contributed by atoms with van der Waals surface area (Å²) in [6.07, 6.45) is 4.91. The van der Waals surface area contributed by atoms with Crippen LogP contribution in [0.4, 0.5) is 0 Å². The zero-order valence-electron chi connectivity index (χ0n) is 10.7. The van der Waals surface area contributed by atoms with E-state index in [9.17, 15) is 15.0 Å². The van der Waals surface area contributed by atoms with Gasteiger partial charge in [0.05, 0.1) is 12.2 Å². The summed E-state index contributed by atoms with van der Waals surface area (Å²) in [4.78, 5) is 11.9. The zero-order chi connectivity index (χ0) is 13.9. The number of rotatable bonds is 3. The summed E-state index contributed by atoms with van der Waals surface area (Å²) in [7, 11) is 0. The lowest BCUT2D eigenvalue weighted by Gasteiger charge is -2.21. The molecule has 0 unspecified atom stereocenters. The van der Waals surface area contributed by atoms with E-state index in [1.165, 1.54) is 6.08 Å². The second-order valence-corrected chi connectivity index (χ2v) is 4.35. The average molecular weight is 260 g/mol. The second-order valence-electron chi connectivity index (χ2n) is 4.35. The van der Waals surface area contributed by atoms with Crippen molar-refractivity contribution in [1.82, 2.24) is 0 Å². The molecule has 2 N–H and O–H groups in total. The molecule has 0 saturated heterocycles. The van der Waals surface area contributed by atoms with E-state index in [1.54, 1.807) is 43.3 Å². The van der Waals surface area contributed by atoms with Crippen molar-refractivity contribution in [2.24, 2.45) is 0 Å². The minimum absolute atomic E-state index is 0.137. The molecule has 4 heteroatoms. The summed E-state index contributed by atoms with van der Waals surface area (Å²) in [6, 6.07) is 6.95. The molecule has 1 aromatic rings. The van der Waals surface area contributed by atoms with Crippen LogP contribution in [0.3, 0.4) is 0 Å². The van der Waals surface area contributed by atoms with Crippen LogP contribution in [0.5, 0.6) is 0 Å². The Kier molecular flexibility index (Phi) is 3.83. The van der Waals surface area contributed by atoms with Gasteiger partial charge in [-0.2, -0.15) is 0 Å². The van der Waals surface area contributed by atoms with Gasteiger partial charge in [-0.3, -0.25) is 0 Å². The maximum absolute atomic E-state index is 11.9. The highest BCUT2D eigenvalue weighted by molar-refractivity contribution is 5.97. The van der Waals surface area contributed by atoms with E-state index in [0.29, 0.717) is 23.3 Å². The van der Waals surface area contributed by atoms with Crippen molar-refractivity contribution in [3.8, 4) is 0 Å². The predicted octanol–water partition coefficient (Wildman–Crippen LogP) is 1.89. The van der Waals surface area contributed by atoms with E-state index in [2.05, 4.69) is 0 Å². The first-order valence-corrected chi connectivity index (χ1v) is 6.14. The Labute approximate surface area is 111 Å². The molecular formula is C15H16O4. The standard InChI is InChI=1S/C15H16O4/c1-2-19-14(16)13-8-4-3-7-12(13)11-6-5-9-15(17,18)10-11/h3-8,10,17-18H,2,9H2,1H3. The van der Waals surface area contributed by atoms with Gasteiger partial charge in [0.15, 0.2) is 5.79 Å². The van der Waals surface area contributed by atoms with Crippen LogP contribution in [0, 0.1) is 0 Å². The maximum Gasteiger partial charge on any atom is 0.338 e. The first kappa shape index (κ1) is 13.5. The van der Waals surface area contributed by atoms with Crippen LogP contribution in [0.25, 0.3) is 5.57 Å². The van der Waals surface area contributed by atoms with Gasteiger partial charge in [0.2, 0.25) is 0 Å². The number of carbonyl (C=O) groups excluding carboxylic acids is 1. The third-order valence-corrected chi connectivity index (χ3v) is 2.84. The molecule has 0 fully saturated rings. The van der Waals surface area contributed by atoms with E-state index in [1.807, 2.05) is 0 Å². The fourth-order valence-corrected chi connectivity index (χ4v) is 2.00. The van der Waals surface area contributed by atoms with Crippen molar-refractivity contribution in [3.63, 3.8) is 0 Å². The number of aliphatic hydroxyl groups is 2. The Bertz CT molecular complexity index is 541. The topological polar surface area (TPSA) is 66.8 Å². The Hall–Kier alpha value is -1.91. The lowest BCUT2D eigenvalue weighted by molar-refractivity contribution is -0.114. The predicted molar refractivity (Wildman–Crippen MR) is 71.3 cm³/mol. The molecule has 0 aromatic heterocycles. The first-order chi connectivity index (χ1) is 9.03. The molecule has 2 rings (SSSR count). The smallest absolute Gasteiger partial charge is 0.338 e. The summed E-state index contributed by atoms with van der Waals surface area (Å²) in [6.45, 7) is 2.04. The summed E-state index contributed by atoms with van der Waals surface area (Å²) < 4.78 is 5.00. The molecule has 0 bridgehead atoms. The second kappa shape index (κ2) is 5.38. The van der Waals surface area contributed by atoms with E-state index < -0.39 is 11.8 Å². The fourth-order valence-electron chi connectivity index (χ4n) is 2.00. The molecule has 1 aromatic carbocycles. The summed E-state index contributed by atoms with van der Waals surface area (Å²) >= 11 is 0. The van der Waals surface area contributed by atoms with Crippen LogP contribution in [-0.4, -0.2) is 28.6 Å². The normalized spacial score (nSPS) is 16.9. The highest BCUT2D eigenvalue weighted by Gasteiger charge is 2.24. The highest BCUT2D eigenvalue weighted by atomic mass is 16.5. The number of esters is 1. The summed E-state index contributed by atoms with van der Waals surface area (Å²) in [5.74, 6) is -2.29. The molecule has 0 radical (unpaired) electrons. The maximum atomic E-state index is 11.9. The van der Waals surface area contributed by atoms with Gasteiger partial charge in [-0.05, 0) is 30.2 Å². The number of hydrogen-bond donors (Lipinski definition) is 2. The Morgan fingerprint density at radius 3 is 2.79 bits per heavy atom. The molecule has 0 heterocycles. The Balaban J connectivity index is 2.43. The molecule has 0 spiro atoms. The van der Waals surface area contributed by atoms with Gasteiger partial charge in [0.25, 0.3) is 0 Å². The van der Waals surface area contributed by atoms with Crippen LogP contribution in [-0.2, 0) is 4.74 Å². The minimum atomic E-state index is -1.87. The molecule has 0 aliphatic heterocycles. The SMILES string of the molecule is CCOC(=O)c1ccccc1C1=CC(O)(O)CC=C1. The molecule has 4 nitrogen and oxygen atoms in total. The molecule has 1 aliphatic rings. The van der Waals surface area contributed by atoms with Gasteiger partial charge >= 0.3 is 5.97 Å². The Morgan fingerprint density at radius 2 is 2.11 bits per heavy atom. The van der Waals surface area contributed by atoms with Gasteiger partial charge in [0.1, 0.15) is 0 Å². The van der Waals surface area contributed by atoms with Crippen molar-refractivity contribution in [1.29, 1.82) is 0 Å². The summed E-state index contributed by atoms with van der Waals surface area (Å²) in [5, 5.41) is 19.3. The largest absolute Gasteiger partial charge is 0.462 e. The van der Waals surface area contributed by atoms with Gasteiger partial charge < -0.3 is 14.9 Å². The van der Waals surface area contributed by atoms with Gasteiger partial charge in [-0.1, -0.05) is 30.4 Å². The molecule has 100 valence electrons. The van der Waals surface area contributed by atoms with Crippen molar-refractivity contribution in [2.75, 3.05) is 6.61 Å². The van der Waals surface area contributed by atoms with Crippen LogP contribution in [0.15, 0.2) is 42.5 Å². The fraction of sp³-hybridized carbons (Fsp3) is 0.267. The van der Waals surface area contributed by atoms with E-state index in [-0.39, 0.29) is 6.42 Å². The molecular weight excluding hydrogens is 244 g/mol. The van der Waals surface area contributed by atoms with Crippen molar-refractivity contribution < 1.29 is 19.7 Å². The highest BCUT2D eigenvalue weighted by Crippen LogP contribution is 2.28. The Morgan fingerprint density at radius 1 is 1.37 bits per heavy atom. The lowest BCUT2D eigenvalue weighted by atomic mass is 9.93. The lowest BCUT2D eigenvalue weighted by Crippen LogP contribution is -2.26. The van der Waals surface area contributed by atoms with Crippen LogP contribution >= 0.6 is 0 Å². The molecule has 0 atom stereocenters. The van der Waals surface area contributed by atoms with E-state index in [4.69, 9.17) is 4.74 Å². The van der Waals surface area contributed by atoms with Crippen LogP contribution in [0.2, 0.25) is 0 Å². The van der Waals surface area contributed by atoms with E-state index in [0.717, 1.165) is 0 Å². The molecule has 0 saturated carbocycles. The quantitative estimate of drug-likeness (QED) is 0.643. The van der Waals surface area contributed by atoms with Gasteiger partial charge in [-0.25, -0.2) is 4.79 Å². The first-order valence-electron chi connectivity index (χ1n) is 6.14. The van der Waals surface area contributed by atoms with Gasteiger partial charge in [-0.15, -0.1) is 0 Å². The van der Waals surface area contributed by atoms with Crippen molar-refractivity contribution in [2.45, 2.75) is 19.1 Å². The third-order valence-electron chi connectivity index (χ3n) is 2.84. The number of benzene rings is 1. The zero-order valence-corrected chi connectivity index (χ0v) is 10.7. The van der Waals surface area contributed by atoms with Gasteiger partial charge in [0, 0.05) is 6.42 Å². The van der Waals surface area contributed by atoms with Crippen LogP contribution in [0.1, 0.15) is 29.3 Å². The molecule has 0 amide bonds. The number of carbonyl (C=O) groups is 1. The molecule has 19 heavy (non-hydrogen) atoms. The molecule has 1 aliphatic carbocycles. The number of ether oxygens (including phenoxy) is 1. The minimum Gasteiger partial charge on any atom is -0.462 e. The summed E-state index contributed by atoms with van der Waals surface area (Å²) in [5.41, 5.74) is 1.64. The number of hydrogen-bond acceptors (Lipinski definition) is 4. The van der Waals surface area contributed by atoms with Crippen molar-refractivity contribution in [3.05, 3.63) is 53.6 Å².